The summed E-state index contributed by atoms with van der Waals surface area (Å²) in [6.45, 7) is 4.71. The van der Waals surface area contributed by atoms with Crippen LogP contribution < -0.4 is 5.32 Å². The van der Waals surface area contributed by atoms with Crippen molar-refractivity contribution in [2.75, 3.05) is 13.7 Å². The van der Waals surface area contributed by atoms with Crippen LogP contribution in [0.3, 0.4) is 0 Å². The topological polar surface area (TPSA) is 118 Å². The monoisotopic (exact) mass is 344 g/mol. The predicted octanol–water partition coefficient (Wildman–Crippen LogP) is 0.926. The average Bonchev–Trinajstić information content (AvgIpc) is 2.50. The van der Waals surface area contributed by atoms with E-state index < -0.39 is 41.4 Å². The predicted molar refractivity (Wildman–Crippen MR) is 80.7 cm³/mol. The summed E-state index contributed by atoms with van der Waals surface area (Å²) in [6.07, 6.45) is -2.71. The number of alkyl carbamates (subject to hydrolysis) is 1. The molecule has 2 atom stereocenters. The van der Waals surface area contributed by atoms with E-state index in [-0.39, 0.29) is 12.1 Å². The number of nitrogens with zero attached hydrogens (tertiary/aromatic N) is 1. The highest BCUT2D eigenvalue weighted by Gasteiger charge is 2.24. The summed E-state index contributed by atoms with van der Waals surface area (Å²) in [6, 6.07) is 1.02. The lowest BCUT2D eigenvalue weighted by Gasteiger charge is -2.22. The van der Waals surface area contributed by atoms with Gasteiger partial charge in [-0.2, -0.15) is 4.39 Å². The highest BCUT2D eigenvalue weighted by Crippen LogP contribution is 2.19. The SMILES string of the molecule is COC(=O)c1cc(C(O)C(O)CNC(=O)OC(C)(C)C)cnc1F. The number of ether oxygens (including phenoxy) is 2. The highest BCUT2D eigenvalue weighted by atomic mass is 19.1. The first-order chi connectivity index (χ1) is 11.0. The normalized spacial score (nSPS) is 13.8. The Hall–Kier alpha value is -2.26. The highest BCUT2D eigenvalue weighted by molar-refractivity contribution is 5.89. The van der Waals surface area contributed by atoms with Gasteiger partial charge in [0.15, 0.2) is 0 Å². The van der Waals surface area contributed by atoms with Gasteiger partial charge in [-0.3, -0.25) is 0 Å². The number of pyridine rings is 1. The maximum atomic E-state index is 13.5. The summed E-state index contributed by atoms with van der Waals surface area (Å²) in [5, 5.41) is 22.3. The fourth-order valence-electron chi connectivity index (χ4n) is 1.71. The van der Waals surface area contributed by atoms with E-state index in [1.165, 1.54) is 0 Å². The molecular weight excluding hydrogens is 323 g/mol. The van der Waals surface area contributed by atoms with E-state index in [1.54, 1.807) is 20.8 Å². The van der Waals surface area contributed by atoms with E-state index >= 15 is 0 Å². The van der Waals surface area contributed by atoms with Gasteiger partial charge in [0.25, 0.3) is 0 Å². The molecule has 0 aliphatic rings. The lowest BCUT2D eigenvalue weighted by molar-refractivity contribution is 0.0126. The Labute approximate surface area is 138 Å². The smallest absolute Gasteiger partial charge is 0.407 e. The van der Waals surface area contributed by atoms with Crippen molar-refractivity contribution in [3.63, 3.8) is 0 Å². The Morgan fingerprint density at radius 1 is 1.38 bits per heavy atom. The second-order valence-corrected chi connectivity index (χ2v) is 5.99. The molecular formula is C15H21FN2O6. The van der Waals surface area contributed by atoms with Crippen molar-refractivity contribution >= 4 is 12.1 Å². The minimum atomic E-state index is -1.50. The molecule has 8 nitrogen and oxygen atoms in total. The van der Waals surface area contributed by atoms with Crippen molar-refractivity contribution in [3.05, 3.63) is 29.3 Å². The summed E-state index contributed by atoms with van der Waals surface area (Å²) >= 11 is 0. The Kier molecular flexibility index (Phi) is 6.61. The van der Waals surface area contributed by atoms with Crippen molar-refractivity contribution in [3.8, 4) is 0 Å². The van der Waals surface area contributed by atoms with Crippen molar-refractivity contribution in [1.29, 1.82) is 0 Å². The Bertz CT molecular complexity index is 602. The van der Waals surface area contributed by atoms with Gasteiger partial charge in [0.1, 0.15) is 23.4 Å². The number of methoxy groups -OCH3 is 1. The number of aliphatic hydroxyl groups excluding tert-OH is 2. The minimum Gasteiger partial charge on any atom is -0.465 e. The van der Waals surface area contributed by atoms with Crippen molar-refractivity contribution < 1.29 is 33.7 Å². The molecule has 0 saturated carbocycles. The van der Waals surface area contributed by atoms with E-state index in [9.17, 15) is 24.2 Å². The molecule has 0 aromatic carbocycles. The summed E-state index contributed by atoms with van der Waals surface area (Å²) in [4.78, 5) is 26.3. The van der Waals surface area contributed by atoms with Crippen LogP contribution in [0.25, 0.3) is 0 Å². The number of hydrogen-bond donors (Lipinski definition) is 3. The maximum absolute atomic E-state index is 13.5. The summed E-state index contributed by atoms with van der Waals surface area (Å²) in [5.41, 5.74) is -1.18. The molecule has 0 radical (unpaired) electrons. The van der Waals surface area contributed by atoms with Crippen LogP contribution in [0.15, 0.2) is 12.3 Å². The van der Waals surface area contributed by atoms with Gasteiger partial charge in [0, 0.05) is 18.3 Å². The van der Waals surface area contributed by atoms with Crippen molar-refractivity contribution in [2.24, 2.45) is 0 Å². The molecule has 134 valence electrons. The van der Waals surface area contributed by atoms with Crippen LogP contribution in [0.2, 0.25) is 0 Å². The van der Waals surface area contributed by atoms with Crippen LogP contribution in [0.1, 0.15) is 42.8 Å². The van der Waals surface area contributed by atoms with Gasteiger partial charge >= 0.3 is 12.1 Å². The Balaban J connectivity index is 2.74. The Morgan fingerprint density at radius 2 is 2.00 bits per heavy atom. The number of hydrogen-bond acceptors (Lipinski definition) is 7. The van der Waals surface area contributed by atoms with Crippen LogP contribution in [0, 0.1) is 5.95 Å². The zero-order valence-electron chi connectivity index (χ0n) is 13.9. The summed E-state index contributed by atoms with van der Waals surface area (Å²) in [5.74, 6) is -2.02. The molecule has 0 saturated heterocycles. The molecule has 0 fully saturated rings. The molecule has 1 heterocycles. The number of aliphatic hydroxyl groups is 2. The van der Waals surface area contributed by atoms with Crippen LogP contribution >= 0.6 is 0 Å². The fraction of sp³-hybridized carbons (Fsp3) is 0.533. The molecule has 2 unspecified atom stereocenters. The molecule has 3 N–H and O–H groups in total. The van der Waals surface area contributed by atoms with Crippen LogP contribution in [-0.4, -0.2) is 52.6 Å². The third-order valence-electron chi connectivity index (χ3n) is 2.83. The zero-order valence-corrected chi connectivity index (χ0v) is 13.9. The summed E-state index contributed by atoms with van der Waals surface area (Å²) in [7, 11) is 1.07. The molecule has 0 aliphatic heterocycles. The number of aromatic nitrogens is 1. The van der Waals surface area contributed by atoms with Crippen LogP contribution in [0.4, 0.5) is 9.18 Å². The largest absolute Gasteiger partial charge is 0.465 e. The molecule has 0 aliphatic carbocycles. The van der Waals surface area contributed by atoms with Crippen molar-refractivity contribution in [2.45, 2.75) is 38.6 Å². The number of nitrogens with one attached hydrogen (secondary N) is 1. The molecule has 9 heteroatoms. The van der Waals surface area contributed by atoms with E-state index in [1.807, 2.05) is 0 Å². The number of halogens is 1. The molecule has 24 heavy (non-hydrogen) atoms. The van der Waals surface area contributed by atoms with Crippen LogP contribution in [0.5, 0.6) is 0 Å². The lowest BCUT2D eigenvalue weighted by atomic mass is 10.0. The van der Waals surface area contributed by atoms with E-state index in [0.29, 0.717) is 0 Å². The van der Waals surface area contributed by atoms with Gasteiger partial charge in [-0.25, -0.2) is 14.6 Å². The number of esters is 1. The second kappa shape index (κ2) is 8.02. The van der Waals surface area contributed by atoms with Crippen LogP contribution in [-0.2, 0) is 9.47 Å². The van der Waals surface area contributed by atoms with Gasteiger partial charge in [0.05, 0.1) is 7.11 Å². The molecule has 1 amide bonds. The van der Waals surface area contributed by atoms with E-state index in [2.05, 4.69) is 15.0 Å². The average molecular weight is 344 g/mol. The number of carbonyl (C=O) groups excluding carboxylic acids is 2. The first-order valence-electron chi connectivity index (χ1n) is 7.12. The third kappa shape index (κ3) is 5.74. The third-order valence-corrected chi connectivity index (χ3v) is 2.83. The fourth-order valence-corrected chi connectivity index (χ4v) is 1.71. The second-order valence-electron chi connectivity index (χ2n) is 5.99. The molecule has 0 bridgehead atoms. The molecule has 1 rings (SSSR count). The molecule has 1 aromatic rings. The number of carbonyl (C=O) groups is 2. The molecule has 1 aromatic heterocycles. The van der Waals surface area contributed by atoms with Gasteiger partial charge in [-0.1, -0.05) is 0 Å². The standard InChI is InChI=1S/C15H21FN2O6/c1-15(2,3)24-14(22)18-7-10(19)11(20)8-5-9(13(21)23-4)12(16)17-6-8/h5-6,10-11,19-20H,7H2,1-4H3,(H,18,22). The maximum Gasteiger partial charge on any atom is 0.407 e. The van der Waals surface area contributed by atoms with Gasteiger partial charge in [0.2, 0.25) is 5.95 Å². The van der Waals surface area contributed by atoms with Gasteiger partial charge in [-0.15, -0.1) is 0 Å². The summed E-state index contributed by atoms with van der Waals surface area (Å²) < 4.78 is 22.8. The number of amides is 1. The van der Waals surface area contributed by atoms with E-state index in [0.717, 1.165) is 19.4 Å². The van der Waals surface area contributed by atoms with Gasteiger partial charge in [-0.05, 0) is 26.8 Å². The zero-order chi connectivity index (χ0) is 18.5. The lowest BCUT2D eigenvalue weighted by Crippen LogP contribution is -2.38. The Morgan fingerprint density at radius 3 is 2.54 bits per heavy atom. The minimum absolute atomic E-state index is 0.00436. The number of rotatable bonds is 5. The first kappa shape index (κ1) is 19.8. The first-order valence-corrected chi connectivity index (χ1v) is 7.12. The quantitative estimate of drug-likeness (QED) is 0.537. The van der Waals surface area contributed by atoms with Gasteiger partial charge < -0.3 is 25.0 Å². The van der Waals surface area contributed by atoms with Crippen molar-refractivity contribution in [1.82, 2.24) is 10.3 Å². The molecule has 0 spiro atoms. The van der Waals surface area contributed by atoms with E-state index in [4.69, 9.17) is 4.74 Å².